The summed E-state index contributed by atoms with van der Waals surface area (Å²) in [6.45, 7) is 9.65. The van der Waals surface area contributed by atoms with Gasteiger partial charge in [0.25, 0.3) is 0 Å². The second kappa shape index (κ2) is 7.42. The van der Waals surface area contributed by atoms with Crippen LogP contribution in [-0.4, -0.2) is 17.7 Å². The summed E-state index contributed by atoms with van der Waals surface area (Å²) in [4.78, 5) is 2.47. The van der Waals surface area contributed by atoms with E-state index in [1.54, 1.807) is 6.92 Å². The van der Waals surface area contributed by atoms with Gasteiger partial charge in [-0.25, -0.2) is 0 Å². The van der Waals surface area contributed by atoms with Crippen LogP contribution in [-0.2, 0) is 0 Å². The van der Waals surface area contributed by atoms with Gasteiger partial charge in [-0.1, -0.05) is 32.4 Å². The summed E-state index contributed by atoms with van der Waals surface area (Å²) in [6, 6.07) is 8.88. The zero-order chi connectivity index (χ0) is 13.5. The summed E-state index contributed by atoms with van der Waals surface area (Å²) in [5.41, 5.74) is 2.25. The highest BCUT2D eigenvalue weighted by Crippen LogP contribution is 2.22. The van der Waals surface area contributed by atoms with Gasteiger partial charge in [-0.3, -0.25) is 0 Å². The molecule has 0 fully saturated rings. The van der Waals surface area contributed by atoms with Crippen molar-refractivity contribution in [3.8, 4) is 0 Å². The van der Waals surface area contributed by atoms with Crippen LogP contribution in [0.2, 0.25) is 0 Å². The van der Waals surface area contributed by atoms with E-state index in [0.29, 0.717) is 6.04 Å². The second-order valence-electron chi connectivity index (χ2n) is 5.07. The molecule has 2 atom stereocenters. The molecule has 2 nitrogen and oxygen atoms in total. The maximum Gasteiger partial charge on any atom is 0.0761 e. The van der Waals surface area contributed by atoms with Gasteiger partial charge >= 0.3 is 0 Å². The third-order valence-electron chi connectivity index (χ3n) is 3.58. The monoisotopic (exact) mass is 249 g/mol. The molecule has 0 radical (unpaired) electrons. The van der Waals surface area contributed by atoms with E-state index in [9.17, 15) is 5.11 Å². The third kappa shape index (κ3) is 4.02. The van der Waals surface area contributed by atoms with Gasteiger partial charge in [0.1, 0.15) is 0 Å². The van der Waals surface area contributed by atoms with Crippen molar-refractivity contribution < 1.29 is 5.11 Å². The zero-order valence-corrected chi connectivity index (χ0v) is 12.2. The number of hydrogen-bond donors (Lipinski definition) is 1. The Morgan fingerprint density at radius 2 is 1.72 bits per heavy atom. The smallest absolute Gasteiger partial charge is 0.0761 e. The molecule has 0 aliphatic carbocycles. The van der Waals surface area contributed by atoms with Crippen LogP contribution >= 0.6 is 0 Å². The molecular weight excluding hydrogens is 222 g/mol. The molecule has 18 heavy (non-hydrogen) atoms. The van der Waals surface area contributed by atoms with Crippen LogP contribution in [0.4, 0.5) is 5.69 Å². The average Bonchev–Trinajstić information content (AvgIpc) is 2.39. The van der Waals surface area contributed by atoms with E-state index in [-0.39, 0.29) is 6.10 Å². The van der Waals surface area contributed by atoms with Crippen LogP contribution < -0.4 is 4.90 Å². The Balaban J connectivity index is 2.83. The summed E-state index contributed by atoms with van der Waals surface area (Å²) >= 11 is 0. The standard InChI is InChI=1S/C16H27NO/c1-5-7-12-17(13(3)6-2)16-10-8-15(9-11-16)14(4)18/h8-11,13-14,18H,5-7,12H2,1-4H3/t13?,14-/m1/s1. The van der Waals surface area contributed by atoms with Crippen LogP contribution in [0.25, 0.3) is 0 Å². The number of aliphatic hydroxyl groups excluding tert-OH is 1. The summed E-state index contributed by atoms with van der Waals surface area (Å²) in [5.74, 6) is 0. The number of anilines is 1. The van der Waals surface area contributed by atoms with Crippen molar-refractivity contribution in [2.24, 2.45) is 0 Å². The molecule has 0 spiro atoms. The topological polar surface area (TPSA) is 23.5 Å². The number of nitrogens with zero attached hydrogens (tertiary/aromatic N) is 1. The summed E-state index contributed by atoms with van der Waals surface area (Å²) in [6.07, 6.45) is 3.22. The van der Waals surface area contributed by atoms with Crippen LogP contribution in [0.15, 0.2) is 24.3 Å². The molecule has 102 valence electrons. The Morgan fingerprint density at radius 3 is 2.17 bits per heavy atom. The van der Waals surface area contributed by atoms with E-state index in [1.165, 1.54) is 18.5 Å². The SMILES string of the molecule is CCCCN(c1ccc([C@@H](C)O)cc1)C(C)CC. The minimum atomic E-state index is -0.383. The second-order valence-corrected chi connectivity index (χ2v) is 5.07. The molecule has 0 aromatic heterocycles. The van der Waals surface area contributed by atoms with E-state index in [4.69, 9.17) is 0 Å². The first-order valence-corrected chi connectivity index (χ1v) is 7.14. The molecule has 0 heterocycles. The van der Waals surface area contributed by atoms with E-state index in [0.717, 1.165) is 18.5 Å². The lowest BCUT2D eigenvalue weighted by Gasteiger charge is -2.31. The Labute approximate surface area is 112 Å². The highest BCUT2D eigenvalue weighted by atomic mass is 16.3. The van der Waals surface area contributed by atoms with Crippen molar-refractivity contribution in [1.29, 1.82) is 0 Å². The number of aliphatic hydroxyl groups is 1. The molecule has 0 bridgehead atoms. The highest BCUT2D eigenvalue weighted by Gasteiger charge is 2.12. The maximum absolute atomic E-state index is 9.54. The normalized spacial score (nSPS) is 14.3. The summed E-state index contributed by atoms with van der Waals surface area (Å²) < 4.78 is 0. The molecule has 1 aromatic carbocycles. The fourth-order valence-electron chi connectivity index (χ4n) is 2.10. The van der Waals surface area contributed by atoms with E-state index >= 15 is 0 Å². The predicted molar refractivity (Wildman–Crippen MR) is 79.1 cm³/mol. The van der Waals surface area contributed by atoms with Gasteiger partial charge in [-0.15, -0.1) is 0 Å². The number of benzene rings is 1. The Bertz CT molecular complexity index is 331. The van der Waals surface area contributed by atoms with Gasteiger partial charge in [0.05, 0.1) is 6.10 Å². The molecule has 1 unspecified atom stereocenters. The van der Waals surface area contributed by atoms with Gasteiger partial charge in [0.15, 0.2) is 0 Å². The molecule has 1 rings (SSSR count). The lowest BCUT2D eigenvalue weighted by atomic mass is 10.1. The molecule has 0 aliphatic heterocycles. The fraction of sp³-hybridized carbons (Fsp3) is 0.625. The number of unbranched alkanes of at least 4 members (excludes halogenated alkanes) is 1. The lowest BCUT2D eigenvalue weighted by Crippen LogP contribution is -2.33. The summed E-state index contributed by atoms with van der Waals surface area (Å²) in [5, 5.41) is 9.54. The fourth-order valence-corrected chi connectivity index (χ4v) is 2.10. The van der Waals surface area contributed by atoms with Gasteiger partial charge < -0.3 is 10.0 Å². The van der Waals surface area contributed by atoms with Crippen molar-refractivity contribution in [1.82, 2.24) is 0 Å². The highest BCUT2D eigenvalue weighted by molar-refractivity contribution is 5.48. The Kier molecular flexibility index (Phi) is 6.20. The molecule has 0 aliphatic rings. The van der Waals surface area contributed by atoms with Crippen LogP contribution in [0.3, 0.4) is 0 Å². The Morgan fingerprint density at radius 1 is 1.11 bits per heavy atom. The van der Waals surface area contributed by atoms with Crippen molar-refractivity contribution in [3.05, 3.63) is 29.8 Å². The summed E-state index contributed by atoms with van der Waals surface area (Å²) in [7, 11) is 0. The molecule has 0 saturated heterocycles. The molecule has 2 heteroatoms. The molecule has 1 N–H and O–H groups in total. The Hall–Kier alpha value is -1.02. The largest absolute Gasteiger partial charge is 0.389 e. The van der Waals surface area contributed by atoms with Crippen molar-refractivity contribution in [3.63, 3.8) is 0 Å². The van der Waals surface area contributed by atoms with Crippen LogP contribution in [0, 0.1) is 0 Å². The van der Waals surface area contributed by atoms with E-state index < -0.39 is 0 Å². The van der Waals surface area contributed by atoms with E-state index in [2.05, 4.69) is 37.8 Å². The van der Waals surface area contributed by atoms with Crippen molar-refractivity contribution in [2.45, 2.75) is 59.1 Å². The van der Waals surface area contributed by atoms with Crippen LogP contribution in [0.1, 0.15) is 58.6 Å². The average molecular weight is 249 g/mol. The molecule has 1 aromatic rings. The maximum atomic E-state index is 9.54. The molecule has 0 amide bonds. The van der Waals surface area contributed by atoms with Crippen molar-refractivity contribution in [2.75, 3.05) is 11.4 Å². The van der Waals surface area contributed by atoms with E-state index in [1.807, 2.05) is 12.1 Å². The van der Waals surface area contributed by atoms with Crippen LogP contribution in [0.5, 0.6) is 0 Å². The van der Waals surface area contributed by atoms with Gasteiger partial charge in [0, 0.05) is 18.3 Å². The number of rotatable bonds is 7. The van der Waals surface area contributed by atoms with Gasteiger partial charge in [0.2, 0.25) is 0 Å². The van der Waals surface area contributed by atoms with Gasteiger partial charge in [-0.05, 0) is 44.4 Å². The van der Waals surface area contributed by atoms with Crippen molar-refractivity contribution >= 4 is 5.69 Å². The minimum Gasteiger partial charge on any atom is -0.389 e. The minimum absolute atomic E-state index is 0.383. The van der Waals surface area contributed by atoms with Gasteiger partial charge in [-0.2, -0.15) is 0 Å². The first-order valence-electron chi connectivity index (χ1n) is 7.14. The third-order valence-corrected chi connectivity index (χ3v) is 3.58. The first kappa shape index (κ1) is 15.0. The first-order chi connectivity index (χ1) is 8.60. The zero-order valence-electron chi connectivity index (χ0n) is 12.2. The number of hydrogen-bond acceptors (Lipinski definition) is 2. The predicted octanol–water partition coefficient (Wildman–Crippen LogP) is 4.14. The lowest BCUT2D eigenvalue weighted by molar-refractivity contribution is 0.199. The quantitative estimate of drug-likeness (QED) is 0.785. The molecular formula is C16H27NO. The molecule has 0 saturated carbocycles.